The van der Waals surface area contributed by atoms with Crippen LogP contribution in [-0.4, -0.2) is 27.8 Å². The second kappa shape index (κ2) is 6.63. The Bertz CT molecular complexity index is 760. The second-order valence-corrected chi connectivity index (χ2v) is 8.47. The van der Waals surface area contributed by atoms with Crippen molar-refractivity contribution in [1.82, 2.24) is 15.6 Å². The molecule has 4 nitrogen and oxygen atoms in total. The number of thiol groups is 1. The van der Waals surface area contributed by atoms with E-state index in [1.165, 1.54) is 29.7 Å². The largest absolute Gasteiger partial charge is 0.346 e. The zero-order valence-electron chi connectivity index (χ0n) is 13.1. The molecule has 24 heavy (non-hydrogen) atoms. The van der Waals surface area contributed by atoms with Crippen LogP contribution in [0.5, 0.6) is 0 Å². The highest BCUT2D eigenvalue weighted by atomic mass is 35.5. The van der Waals surface area contributed by atoms with E-state index < -0.39 is 5.82 Å². The van der Waals surface area contributed by atoms with E-state index in [0.717, 1.165) is 6.42 Å². The maximum absolute atomic E-state index is 13.5. The molecule has 2 unspecified atom stereocenters. The molecule has 2 atom stereocenters. The van der Waals surface area contributed by atoms with Gasteiger partial charge in [0.25, 0.3) is 5.91 Å². The number of nitrogens with one attached hydrogen (secondary N) is 2. The molecule has 0 bridgehead atoms. The van der Waals surface area contributed by atoms with Crippen LogP contribution in [0, 0.1) is 5.82 Å². The lowest BCUT2D eigenvalue weighted by Gasteiger charge is -2.17. The van der Waals surface area contributed by atoms with Crippen molar-refractivity contribution in [3.63, 3.8) is 0 Å². The highest BCUT2D eigenvalue weighted by Gasteiger charge is 2.37. The molecular formula is C16H17ClFN3OS2. The molecule has 128 valence electrons. The Morgan fingerprint density at radius 3 is 2.88 bits per heavy atom. The maximum Gasteiger partial charge on any atom is 0.263 e. The average Bonchev–Trinajstić information content (AvgIpc) is 3.03. The van der Waals surface area contributed by atoms with Gasteiger partial charge < -0.3 is 5.32 Å². The van der Waals surface area contributed by atoms with Crippen LogP contribution in [0.4, 0.5) is 4.39 Å². The first-order valence-corrected chi connectivity index (χ1v) is 9.13. The third kappa shape index (κ3) is 3.91. The molecule has 0 aliphatic carbocycles. The number of nitrogens with zero attached hydrogens (tertiary/aromatic N) is 1. The summed E-state index contributed by atoms with van der Waals surface area (Å²) in [7, 11) is 0. The molecule has 8 heteroatoms. The molecule has 2 N–H and O–H groups in total. The highest BCUT2D eigenvalue weighted by molar-refractivity contribution is 7.81. The van der Waals surface area contributed by atoms with E-state index in [1.54, 1.807) is 6.07 Å². The maximum atomic E-state index is 13.5. The molecule has 1 aromatic carbocycles. The van der Waals surface area contributed by atoms with Crippen molar-refractivity contribution >= 4 is 41.5 Å². The molecular weight excluding hydrogens is 369 g/mol. The Balaban J connectivity index is 1.74. The fraction of sp³-hybridized carbons (Fsp3) is 0.375. The first kappa shape index (κ1) is 17.7. The van der Waals surface area contributed by atoms with Crippen molar-refractivity contribution in [1.29, 1.82) is 0 Å². The first-order chi connectivity index (χ1) is 11.2. The lowest BCUT2D eigenvalue weighted by molar-refractivity contribution is 0.0941. The molecule has 1 aliphatic heterocycles. The van der Waals surface area contributed by atoms with Crippen molar-refractivity contribution < 1.29 is 9.18 Å². The minimum Gasteiger partial charge on any atom is -0.346 e. The summed E-state index contributed by atoms with van der Waals surface area (Å²) in [5.41, 5.74) is 0.487. The number of thiazole rings is 1. The van der Waals surface area contributed by atoms with E-state index in [0.29, 0.717) is 20.5 Å². The van der Waals surface area contributed by atoms with Crippen LogP contribution in [0.3, 0.4) is 0 Å². The van der Waals surface area contributed by atoms with Gasteiger partial charge in [0.1, 0.15) is 15.7 Å². The molecule has 1 aliphatic rings. The Kier molecular flexibility index (Phi) is 4.88. The number of aromatic nitrogens is 1. The summed E-state index contributed by atoms with van der Waals surface area (Å²) >= 11 is 11.5. The number of carbonyl (C=O) groups excluding carboxylic acids is 1. The van der Waals surface area contributed by atoms with Gasteiger partial charge in [-0.25, -0.2) is 9.37 Å². The molecule has 2 heterocycles. The van der Waals surface area contributed by atoms with E-state index >= 15 is 0 Å². The minimum absolute atomic E-state index is 0.0648. The number of halogens is 2. The Morgan fingerprint density at radius 1 is 1.50 bits per heavy atom. The molecule has 1 saturated heterocycles. The Morgan fingerprint density at radius 2 is 2.25 bits per heavy atom. The number of hydrogen-bond donors (Lipinski definition) is 3. The predicted molar refractivity (Wildman–Crippen MR) is 98.4 cm³/mol. The van der Waals surface area contributed by atoms with Gasteiger partial charge in [-0.2, -0.15) is 12.6 Å². The fourth-order valence-electron chi connectivity index (χ4n) is 2.78. The van der Waals surface area contributed by atoms with Crippen molar-refractivity contribution in [3.8, 4) is 10.6 Å². The molecule has 0 spiro atoms. The summed E-state index contributed by atoms with van der Waals surface area (Å²) in [4.78, 5) is 17.1. The SMILES string of the molecule is CC1(C)CC(NC(=O)c2cnc(-c3cc(F)cc(Cl)c3)s2)C(S)N1. The number of benzene rings is 1. The van der Waals surface area contributed by atoms with Crippen LogP contribution in [0.15, 0.2) is 24.4 Å². The number of hydrogen-bond acceptors (Lipinski definition) is 5. The summed E-state index contributed by atoms with van der Waals surface area (Å²) in [6.07, 6.45) is 2.28. The van der Waals surface area contributed by atoms with Gasteiger partial charge in [0.15, 0.2) is 0 Å². The van der Waals surface area contributed by atoms with Gasteiger partial charge in [-0.3, -0.25) is 10.1 Å². The van der Waals surface area contributed by atoms with Crippen LogP contribution in [0.2, 0.25) is 5.02 Å². The van der Waals surface area contributed by atoms with Crippen LogP contribution in [0.1, 0.15) is 29.9 Å². The monoisotopic (exact) mass is 385 g/mol. The summed E-state index contributed by atoms with van der Waals surface area (Å²) in [6, 6.07) is 4.14. The quantitative estimate of drug-likeness (QED) is 0.705. The highest BCUT2D eigenvalue weighted by Crippen LogP contribution is 2.29. The molecule has 0 radical (unpaired) electrons. The summed E-state index contributed by atoms with van der Waals surface area (Å²) in [5, 5.41) is 7.05. The van der Waals surface area contributed by atoms with Crippen molar-refractivity contribution in [2.24, 2.45) is 0 Å². The number of carbonyl (C=O) groups is 1. The zero-order chi connectivity index (χ0) is 17.5. The van der Waals surface area contributed by atoms with Crippen LogP contribution < -0.4 is 10.6 Å². The van der Waals surface area contributed by atoms with Gasteiger partial charge in [-0.1, -0.05) is 11.6 Å². The van der Waals surface area contributed by atoms with Crippen molar-refractivity contribution in [2.75, 3.05) is 0 Å². The average molecular weight is 386 g/mol. The van der Waals surface area contributed by atoms with E-state index in [4.69, 9.17) is 11.6 Å². The summed E-state index contributed by atoms with van der Waals surface area (Å²) in [5.74, 6) is -0.638. The smallest absolute Gasteiger partial charge is 0.263 e. The summed E-state index contributed by atoms with van der Waals surface area (Å²) < 4.78 is 13.5. The molecule has 1 fully saturated rings. The van der Waals surface area contributed by atoms with Crippen molar-refractivity contribution in [2.45, 2.75) is 37.2 Å². The van der Waals surface area contributed by atoms with Gasteiger partial charge >= 0.3 is 0 Å². The van der Waals surface area contributed by atoms with E-state index in [-0.39, 0.29) is 22.9 Å². The van der Waals surface area contributed by atoms with E-state index in [9.17, 15) is 9.18 Å². The number of rotatable bonds is 3. The number of amides is 1. The van der Waals surface area contributed by atoms with Crippen molar-refractivity contribution in [3.05, 3.63) is 40.1 Å². The Labute approximate surface area is 154 Å². The zero-order valence-corrected chi connectivity index (χ0v) is 15.6. The molecule has 1 amide bonds. The second-order valence-electron chi connectivity index (χ2n) is 6.44. The van der Waals surface area contributed by atoms with Gasteiger partial charge in [0, 0.05) is 16.1 Å². The Hall–Kier alpha value is -1.15. The predicted octanol–water partition coefficient (Wildman–Crippen LogP) is 3.73. The van der Waals surface area contributed by atoms with Crippen LogP contribution in [0.25, 0.3) is 10.6 Å². The third-order valence-electron chi connectivity index (χ3n) is 3.81. The first-order valence-electron chi connectivity index (χ1n) is 7.42. The topological polar surface area (TPSA) is 54.0 Å². The van der Waals surface area contributed by atoms with Crippen LogP contribution >= 0.6 is 35.6 Å². The van der Waals surface area contributed by atoms with Gasteiger partial charge in [-0.05, 0) is 38.5 Å². The lowest BCUT2D eigenvalue weighted by Crippen LogP contribution is -2.40. The lowest BCUT2D eigenvalue weighted by atomic mass is 10.0. The van der Waals surface area contributed by atoms with Crippen LogP contribution in [-0.2, 0) is 0 Å². The van der Waals surface area contributed by atoms with E-state index in [1.807, 2.05) is 0 Å². The third-order valence-corrected chi connectivity index (χ3v) is 5.56. The van der Waals surface area contributed by atoms with Gasteiger partial charge in [0.2, 0.25) is 0 Å². The summed E-state index contributed by atoms with van der Waals surface area (Å²) in [6.45, 7) is 4.14. The molecule has 0 saturated carbocycles. The molecule has 1 aromatic heterocycles. The molecule has 3 rings (SSSR count). The standard InChI is InChI=1S/C16H17ClFN3OS2/c1-16(2)6-11(14(23)21-16)20-13(22)12-7-19-15(24-12)8-3-9(17)5-10(18)4-8/h3-5,7,11,14,21,23H,6H2,1-2H3,(H,20,22). The molecule has 2 aromatic rings. The van der Waals surface area contributed by atoms with Gasteiger partial charge in [-0.15, -0.1) is 11.3 Å². The minimum atomic E-state index is -0.434. The fourth-order valence-corrected chi connectivity index (χ4v) is 4.34. The normalized spacial score (nSPS) is 22.5. The van der Waals surface area contributed by atoms with E-state index in [2.05, 4.69) is 42.1 Å². The van der Waals surface area contributed by atoms with Gasteiger partial charge in [0.05, 0.1) is 17.6 Å².